The largest absolute Gasteiger partial charge is 0.398 e. The van der Waals surface area contributed by atoms with E-state index in [4.69, 9.17) is 11.5 Å². The standard InChI is InChI=1S/C13H18FN3O2/c1-6(2)11(12(16)18)17-13(19)8-4-9(14)7(3)10(15)5-8/h4-6,11H,15H2,1-3H3,(H2,16,18)(H,17,19). The quantitative estimate of drug-likeness (QED) is 0.708. The van der Waals surface area contributed by atoms with Gasteiger partial charge in [0.1, 0.15) is 11.9 Å². The number of hydrogen-bond acceptors (Lipinski definition) is 3. The molecule has 1 rings (SSSR count). The highest BCUT2D eigenvalue weighted by atomic mass is 19.1. The molecule has 5 nitrogen and oxygen atoms in total. The van der Waals surface area contributed by atoms with Crippen LogP contribution in [0.15, 0.2) is 12.1 Å². The lowest BCUT2D eigenvalue weighted by Gasteiger charge is -2.19. The molecule has 0 aliphatic carbocycles. The molecule has 6 heteroatoms. The van der Waals surface area contributed by atoms with Crippen molar-refractivity contribution in [1.29, 1.82) is 0 Å². The molecule has 0 aromatic heterocycles. The number of carbonyl (C=O) groups is 2. The van der Waals surface area contributed by atoms with Crippen LogP contribution in [0.25, 0.3) is 0 Å². The second kappa shape index (κ2) is 5.69. The molecule has 0 spiro atoms. The Bertz CT molecular complexity index is 492. The van der Waals surface area contributed by atoms with E-state index in [1.807, 2.05) is 0 Å². The lowest BCUT2D eigenvalue weighted by atomic mass is 10.0. The molecule has 1 unspecified atom stereocenters. The van der Waals surface area contributed by atoms with Crippen molar-refractivity contribution < 1.29 is 14.0 Å². The molecular formula is C13H18FN3O2. The first-order valence-corrected chi connectivity index (χ1v) is 5.89. The topological polar surface area (TPSA) is 98.2 Å². The van der Waals surface area contributed by atoms with Gasteiger partial charge in [-0.3, -0.25) is 9.59 Å². The van der Waals surface area contributed by atoms with E-state index >= 15 is 0 Å². The molecule has 0 bridgehead atoms. The molecule has 0 aliphatic rings. The molecule has 19 heavy (non-hydrogen) atoms. The molecule has 2 amide bonds. The van der Waals surface area contributed by atoms with E-state index in [1.165, 1.54) is 13.0 Å². The predicted molar refractivity (Wildman–Crippen MR) is 70.8 cm³/mol. The van der Waals surface area contributed by atoms with Gasteiger partial charge < -0.3 is 16.8 Å². The molecule has 1 aromatic rings. The van der Waals surface area contributed by atoms with E-state index in [-0.39, 0.29) is 22.7 Å². The number of amides is 2. The van der Waals surface area contributed by atoms with Crippen LogP contribution in [0.2, 0.25) is 0 Å². The maximum absolute atomic E-state index is 13.5. The lowest BCUT2D eigenvalue weighted by Crippen LogP contribution is -2.47. The summed E-state index contributed by atoms with van der Waals surface area (Å²) >= 11 is 0. The van der Waals surface area contributed by atoms with Gasteiger partial charge in [-0.25, -0.2) is 4.39 Å². The van der Waals surface area contributed by atoms with Crippen molar-refractivity contribution in [3.63, 3.8) is 0 Å². The smallest absolute Gasteiger partial charge is 0.252 e. The summed E-state index contributed by atoms with van der Waals surface area (Å²) in [6.45, 7) is 5.02. The Balaban J connectivity index is 2.98. The third-order valence-corrected chi connectivity index (χ3v) is 2.91. The van der Waals surface area contributed by atoms with E-state index in [9.17, 15) is 14.0 Å². The van der Waals surface area contributed by atoms with Crippen molar-refractivity contribution in [2.24, 2.45) is 11.7 Å². The minimum atomic E-state index is -0.807. The monoisotopic (exact) mass is 267 g/mol. The van der Waals surface area contributed by atoms with Gasteiger partial charge in [-0.05, 0) is 25.0 Å². The summed E-state index contributed by atoms with van der Waals surface area (Å²) in [5.41, 5.74) is 11.3. The van der Waals surface area contributed by atoms with Crippen LogP contribution in [0.3, 0.4) is 0 Å². The number of nitrogen functional groups attached to an aromatic ring is 1. The van der Waals surface area contributed by atoms with Crippen molar-refractivity contribution in [3.8, 4) is 0 Å². The SMILES string of the molecule is Cc1c(N)cc(C(=O)NC(C(N)=O)C(C)C)cc1F. The number of primary amides is 1. The minimum absolute atomic E-state index is 0.0625. The first-order valence-electron chi connectivity index (χ1n) is 5.89. The van der Waals surface area contributed by atoms with E-state index in [0.29, 0.717) is 0 Å². The van der Waals surface area contributed by atoms with E-state index < -0.39 is 23.7 Å². The van der Waals surface area contributed by atoms with E-state index in [0.717, 1.165) is 6.07 Å². The van der Waals surface area contributed by atoms with Gasteiger partial charge in [0, 0.05) is 16.8 Å². The molecular weight excluding hydrogens is 249 g/mol. The average Bonchev–Trinajstić information content (AvgIpc) is 2.31. The first-order chi connectivity index (χ1) is 8.73. The van der Waals surface area contributed by atoms with Gasteiger partial charge in [0.05, 0.1) is 0 Å². The van der Waals surface area contributed by atoms with Crippen molar-refractivity contribution in [3.05, 3.63) is 29.1 Å². The van der Waals surface area contributed by atoms with Crippen LogP contribution in [0.1, 0.15) is 29.8 Å². The number of carbonyl (C=O) groups excluding carboxylic acids is 2. The van der Waals surface area contributed by atoms with Crippen molar-refractivity contribution in [2.45, 2.75) is 26.8 Å². The Labute approximate surface area is 111 Å². The van der Waals surface area contributed by atoms with Gasteiger partial charge in [-0.2, -0.15) is 0 Å². The molecule has 0 fully saturated rings. The summed E-state index contributed by atoms with van der Waals surface area (Å²) in [6.07, 6.45) is 0. The highest BCUT2D eigenvalue weighted by Gasteiger charge is 2.22. The van der Waals surface area contributed by atoms with Crippen LogP contribution in [-0.4, -0.2) is 17.9 Å². The highest BCUT2D eigenvalue weighted by molar-refractivity contribution is 5.98. The molecule has 0 radical (unpaired) electrons. The molecule has 0 saturated carbocycles. The Kier molecular flexibility index (Phi) is 4.47. The van der Waals surface area contributed by atoms with Gasteiger partial charge in [-0.15, -0.1) is 0 Å². The molecule has 0 saturated heterocycles. The Morgan fingerprint density at radius 2 is 1.89 bits per heavy atom. The summed E-state index contributed by atoms with van der Waals surface area (Å²) in [5, 5.41) is 2.47. The average molecular weight is 267 g/mol. The normalized spacial score (nSPS) is 12.3. The number of nitrogens with one attached hydrogen (secondary N) is 1. The summed E-state index contributed by atoms with van der Waals surface area (Å²) in [6, 6.07) is 1.64. The number of rotatable bonds is 4. The van der Waals surface area contributed by atoms with E-state index in [2.05, 4.69) is 5.32 Å². The number of anilines is 1. The zero-order chi connectivity index (χ0) is 14.7. The van der Waals surface area contributed by atoms with E-state index in [1.54, 1.807) is 13.8 Å². The van der Waals surface area contributed by atoms with Crippen molar-refractivity contribution in [1.82, 2.24) is 5.32 Å². The zero-order valence-electron chi connectivity index (χ0n) is 11.2. The van der Waals surface area contributed by atoms with Crippen LogP contribution in [0, 0.1) is 18.7 Å². The van der Waals surface area contributed by atoms with Gasteiger partial charge in [-0.1, -0.05) is 13.8 Å². The molecule has 1 aromatic carbocycles. The van der Waals surface area contributed by atoms with Gasteiger partial charge >= 0.3 is 0 Å². The summed E-state index contributed by atoms with van der Waals surface area (Å²) in [4.78, 5) is 23.1. The molecule has 1 atom stereocenters. The summed E-state index contributed by atoms with van der Waals surface area (Å²) in [7, 11) is 0. The third kappa shape index (κ3) is 3.43. The fourth-order valence-corrected chi connectivity index (χ4v) is 1.62. The van der Waals surface area contributed by atoms with Gasteiger partial charge in [0.25, 0.3) is 5.91 Å². The fraction of sp³-hybridized carbons (Fsp3) is 0.385. The van der Waals surface area contributed by atoms with Crippen LogP contribution < -0.4 is 16.8 Å². The maximum atomic E-state index is 13.5. The third-order valence-electron chi connectivity index (χ3n) is 2.91. The van der Waals surface area contributed by atoms with Crippen molar-refractivity contribution in [2.75, 3.05) is 5.73 Å². The predicted octanol–water partition coefficient (Wildman–Crippen LogP) is 0.956. The number of benzene rings is 1. The van der Waals surface area contributed by atoms with Crippen molar-refractivity contribution >= 4 is 17.5 Å². The van der Waals surface area contributed by atoms with Crippen LogP contribution >= 0.6 is 0 Å². The van der Waals surface area contributed by atoms with Gasteiger partial charge in [0.15, 0.2) is 0 Å². The Morgan fingerprint density at radius 1 is 1.32 bits per heavy atom. The summed E-state index contributed by atoms with van der Waals surface area (Å²) in [5.74, 6) is -1.94. The van der Waals surface area contributed by atoms with Gasteiger partial charge in [0.2, 0.25) is 5.91 Å². The second-order valence-electron chi connectivity index (χ2n) is 4.77. The number of nitrogens with two attached hydrogens (primary N) is 2. The van der Waals surface area contributed by atoms with Crippen LogP contribution in [-0.2, 0) is 4.79 Å². The zero-order valence-corrected chi connectivity index (χ0v) is 11.2. The van der Waals surface area contributed by atoms with Crippen LogP contribution in [0.5, 0.6) is 0 Å². The molecule has 0 heterocycles. The Hall–Kier alpha value is -2.11. The first kappa shape index (κ1) is 14.9. The Morgan fingerprint density at radius 3 is 2.32 bits per heavy atom. The maximum Gasteiger partial charge on any atom is 0.252 e. The molecule has 0 aliphatic heterocycles. The molecule has 5 N–H and O–H groups in total. The number of halogens is 1. The number of hydrogen-bond donors (Lipinski definition) is 3. The fourth-order valence-electron chi connectivity index (χ4n) is 1.62. The van der Waals surface area contributed by atoms with Crippen LogP contribution in [0.4, 0.5) is 10.1 Å². The second-order valence-corrected chi connectivity index (χ2v) is 4.77. The summed E-state index contributed by atoms with van der Waals surface area (Å²) < 4.78 is 13.5. The minimum Gasteiger partial charge on any atom is -0.398 e. The molecule has 104 valence electrons. The highest BCUT2D eigenvalue weighted by Crippen LogP contribution is 2.17. The lowest BCUT2D eigenvalue weighted by molar-refractivity contribution is -0.120.